The minimum absolute atomic E-state index is 0.000460. The number of nitrogens with one attached hydrogen (secondary N) is 1. The monoisotopic (exact) mass is 394 g/mol. The second-order valence-electron chi connectivity index (χ2n) is 7.62. The first-order chi connectivity index (χ1) is 14.0. The smallest absolute Gasteiger partial charge is 0.238 e. The van der Waals surface area contributed by atoms with Crippen LogP contribution >= 0.6 is 0 Å². The fourth-order valence-corrected chi connectivity index (χ4v) is 3.49. The van der Waals surface area contributed by atoms with Gasteiger partial charge in [0.15, 0.2) is 0 Å². The van der Waals surface area contributed by atoms with E-state index in [9.17, 15) is 9.59 Å². The Labute approximate surface area is 173 Å². The van der Waals surface area contributed by atoms with Crippen LogP contribution < -0.4 is 5.32 Å². The highest BCUT2D eigenvalue weighted by molar-refractivity contribution is 5.93. The predicted octanol–water partition coefficient (Wildman–Crippen LogP) is 2.42. The predicted molar refractivity (Wildman–Crippen MR) is 115 cm³/mol. The Kier molecular flexibility index (Phi) is 7.38. The summed E-state index contributed by atoms with van der Waals surface area (Å²) in [5, 5.41) is 3.02. The number of hydrogen-bond acceptors (Lipinski definition) is 4. The van der Waals surface area contributed by atoms with Crippen LogP contribution in [0.2, 0.25) is 0 Å². The molecule has 1 heterocycles. The molecule has 0 saturated carbocycles. The summed E-state index contributed by atoms with van der Waals surface area (Å²) in [6, 6.07) is 18.1. The molecule has 2 aromatic carbocycles. The zero-order chi connectivity index (χ0) is 20.6. The largest absolute Gasteiger partial charge is 0.342 e. The average Bonchev–Trinajstić information content (AvgIpc) is 2.71. The minimum atomic E-state index is -0.0144. The molecule has 0 radical (unpaired) electrons. The van der Waals surface area contributed by atoms with Gasteiger partial charge in [0.05, 0.1) is 6.54 Å². The molecule has 1 fully saturated rings. The van der Waals surface area contributed by atoms with Crippen LogP contribution in [0.15, 0.2) is 54.6 Å². The molecule has 1 aliphatic rings. The van der Waals surface area contributed by atoms with E-state index in [1.807, 2.05) is 30.3 Å². The van der Waals surface area contributed by atoms with Crippen molar-refractivity contribution in [1.29, 1.82) is 0 Å². The zero-order valence-corrected chi connectivity index (χ0v) is 17.3. The Hall–Kier alpha value is -2.70. The molecule has 154 valence electrons. The van der Waals surface area contributed by atoms with Crippen molar-refractivity contribution in [3.8, 4) is 0 Å². The lowest BCUT2D eigenvalue weighted by Crippen LogP contribution is -2.48. The van der Waals surface area contributed by atoms with Crippen LogP contribution in [0, 0.1) is 0 Å². The lowest BCUT2D eigenvalue weighted by molar-refractivity contribution is -0.128. The third kappa shape index (κ3) is 6.41. The summed E-state index contributed by atoms with van der Waals surface area (Å²) in [5.41, 5.74) is 3.03. The van der Waals surface area contributed by atoms with Gasteiger partial charge in [-0.1, -0.05) is 48.5 Å². The normalized spacial score (nSPS) is 15.1. The van der Waals surface area contributed by atoms with Crippen molar-refractivity contribution in [2.24, 2.45) is 0 Å². The van der Waals surface area contributed by atoms with Gasteiger partial charge in [0.25, 0.3) is 0 Å². The first kappa shape index (κ1) is 21.0. The van der Waals surface area contributed by atoms with E-state index in [2.05, 4.69) is 39.4 Å². The lowest BCUT2D eigenvalue weighted by Gasteiger charge is -2.34. The number of carbonyl (C=O) groups is 2. The van der Waals surface area contributed by atoms with E-state index in [0.717, 1.165) is 44.0 Å². The second kappa shape index (κ2) is 10.2. The zero-order valence-electron chi connectivity index (χ0n) is 17.3. The SMILES string of the molecule is CC(=O)N(C)Cc1ccccc1NC(=O)CN1CCN(Cc2ccccc2)CC1. The van der Waals surface area contributed by atoms with Crippen molar-refractivity contribution in [3.63, 3.8) is 0 Å². The summed E-state index contributed by atoms with van der Waals surface area (Å²) >= 11 is 0. The molecule has 0 atom stereocenters. The maximum atomic E-state index is 12.6. The number of benzene rings is 2. The highest BCUT2D eigenvalue weighted by atomic mass is 16.2. The van der Waals surface area contributed by atoms with Crippen molar-refractivity contribution in [2.75, 3.05) is 45.1 Å². The van der Waals surface area contributed by atoms with Crippen molar-refractivity contribution < 1.29 is 9.59 Å². The number of piperazine rings is 1. The van der Waals surface area contributed by atoms with Crippen molar-refractivity contribution in [1.82, 2.24) is 14.7 Å². The van der Waals surface area contributed by atoms with Gasteiger partial charge in [-0.05, 0) is 17.2 Å². The molecular formula is C23H30N4O2. The molecule has 0 spiro atoms. The topological polar surface area (TPSA) is 55.9 Å². The van der Waals surface area contributed by atoms with E-state index in [0.29, 0.717) is 13.1 Å². The standard InChI is InChI=1S/C23H30N4O2/c1-19(28)25(2)17-21-10-6-7-11-22(21)24-23(29)18-27-14-12-26(13-15-27)16-20-8-4-3-5-9-20/h3-11H,12-18H2,1-2H3,(H,24,29). The molecule has 6 nitrogen and oxygen atoms in total. The number of carbonyl (C=O) groups excluding carboxylic acids is 2. The highest BCUT2D eigenvalue weighted by Crippen LogP contribution is 2.17. The maximum absolute atomic E-state index is 12.6. The fourth-order valence-electron chi connectivity index (χ4n) is 3.49. The molecule has 6 heteroatoms. The first-order valence-corrected chi connectivity index (χ1v) is 10.1. The van der Waals surface area contributed by atoms with Crippen molar-refractivity contribution in [2.45, 2.75) is 20.0 Å². The first-order valence-electron chi connectivity index (χ1n) is 10.1. The van der Waals surface area contributed by atoms with Crippen LogP contribution in [0.25, 0.3) is 0 Å². The molecule has 29 heavy (non-hydrogen) atoms. The number of amides is 2. The average molecular weight is 395 g/mol. The molecule has 3 rings (SSSR count). The van der Waals surface area contributed by atoms with Gasteiger partial charge in [-0.3, -0.25) is 19.4 Å². The molecule has 0 aliphatic carbocycles. The maximum Gasteiger partial charge on any atom is 0.238 e. The van der Waals surface area contributed by atoms with E-state index in [1.54, 1.807) is 18.9 Å². The third-order valence-electron chi connectivity index (χ3n) is 5.32. The number of rotatable bonds is 7. The quantitative estimate of drug-likeness (QED) is 0.784. The van der Waals surface area contributed by atoms with Crippen LogP contribution in [0.1, 0.15) is 18.1 Å². The molecule has 0 bridgehead atoms. The van der Waals surface area contributed by atoms with E-state index < -0.39 is 0 Å². The van der Waals surface area contributed by atoms with E-state index >= 15 is 0 Å². The summed E-state index contributed by atoms with van der Waals surface area (Å²) in [7, 11) is 1.76. The Morgan fingerprint density at radius 3 is 2.24 bits per heavy atom. The summed E-state index contributed by atoms with van der Waals surface area (Å²) < 4.78 is 0. The lowest BCUT2D eigenvalue weighted by atomic mass is 10.1. The van der Waals surface area contributed by atoms with Crippen LogP contribution in [0.4, 0.5) is 5.69 Å². The van der Waals surface area contributed by atoms with Gasteiger partial charge in [-0.15, -0.1) is 0 Å². The van der Waals surface area contributed by atoms with Crippen LogP contribution in [-0.4, -0.2) is 66.3 Å². The van der Waals surface area contributed by atoms with E-state index in [1.165, 1.54) is 5.56 Å². The van der Waals surface area contributed by atoms with Gasteiger partial charge in [0, 0.05) is 58.9 Å². The third-order valence-corrected chi connectivity index (χ3v) is 5.32. The summed E-state index contributed by atoms with van der Waals surface area (Å²) in [5.74, 6) is -0.0149. The van der Waals surface area contributed by atoms with Gasteiger partial charge < -0.3 is 10.2 Å². The number of para-hydroxylation sites is 1. The molecular weight excluding hydrogens is 364 g/mol. The fraction of sp³-hybridized carbons (Fsp3) is 0.391. The molecule has 2 aromatic rings. The van der Waals surface area contributed by atoms with Crippen molar-refractivity contribution in [3.05, 3.63) is 65.7 Å². The van der Waals surface area contributed by atoms with Crippen molar-refractivity contribution >= 4 is 17.5 Å². The van der Waals surface area contributed by atoms with Gasteiger partial charge in [-0.25, -0.2) is 0 Å². The Bertz CT molecular complexity index is 817. The van der Waals surface area contributed by atoms with Gasteiger partial charge in [0.1, 0.15) is 0 Å². The van der Waals surface area contributed by atoms with E-state index in [4.69, 9.17) is 0 Å². The van der Waals surface area contributed by atoms with Crippen LogP contribution in [0.3, 0.4) is 0 Å². The molecule has 1 N–H and O–H groups in total. The Morgan fingerprint density at radius 1 is 0.931 bits per heavy atom. The minimum Gasteiger partial charge on any atom is -0.342 e. The number of hydrogen-bond donors (Lipinski definition) is 1. The summed E-state index contributed by atoms with van der Waals surface area (Å²) in [4.78, 5) is 30.4. The second-order valence-corrected chi connectivity index (χ2v) is 7.62. The summed E-state index contributed by atoms with van der Waals surface area (Å²) in [6.45, 7) is 7.05. The van der Waals surface area contributed by atoms with Gasteiger partial charge in [0.2, 0.25) is 11.8 Å². The molecule has 1 aliphatic heterocycles. The van der Waals surface area contributed by atoms with Crippen LogP contribution in [0.5, 0.6) is 0 Å². The number of nitrogens with zero attached hydrogens (tertiary/aromatic N) is 3. The van der Waals surface area contributed by atoms with Gasteiger partial charge in [-0.2, -0.15) is 0 Å². The van der Waals surface area contributed by atoms with E-state index in [-0.39, 0.29) is 11.8 Å². The Balaban J connectivity index is 1.48. The highest BCUT2D eigenvalue weighted by Gasteiger charge is 2.19. The molecule has 0 aromatic heterocycles. The Morgan fingerprint density at radius 2 is 1.55 bits per heavy atom. The summed E-state index contributed by atoms with van der Waals surface area (Å²) in [6.07, 6.45) is 0. The molecule has 1 saturated heterocycles. The number of anilines is 1. The molecule has 0 unspecified atom stereocenters. The van der Waals surface area contributed by atoms with Crippen LogP contribution in [-0.2, 0) is 22.7 Å². The van der Waals surface area contributed by atoms with Gasteiger partial charge >= 0.3 is 0 Å². The molecule has 2 amide bonds.